The monoisotopic (exact) mass is 141 g/mol. The van der Waals surface area contributed by atoms with Crippen LogP contribution in [0.15, 0.2) is 17.1 Å². The summed E-state index contributed by atoms with van der Waals surface area (Å²) in [6.07, 6.45) is 1.60. The Hall–Kier alpha value is -1.10. The van der Waals surface area contributed by atoms with Gasteiger partial charge in [-0.2, -0.15) is 9.61 Å². The van der Waals surface area contributed by atoms with Crippen LogP contribution in [0.1, 0.15) is 0 Å². The van der Waals surface area contributed by atoms with Gasteiger partial charge in [-0.15, -0.1) is 0 Å². The Bertz CT molecular complexity index is 370. The molecule has 0 spiro atoms. The maximum absolute atomic E-state index is 10.7. The summed E-state index contributed by atoms with van der Waals surface area (Å²) in [6, 6.07) is 1.78. The summed E-state index contributed by atoms with van der Waals surface area (Å²) < 4.78 is 3.87. The molecule has 1 N–H and O–H groups in total. The topological polar surface area (TPSA) is 50.2 Å². The zero-order chi connectivity index (χ0) is 6.27. The Morgan fingerprint density at radius 3 is 3.44 bits per heavy atom. The van der Waals surface area contributed by atoms with Crippen LogP contribution in [0.25, 0.3) is 4.83 Å². The van der Waals surface area contributed by atoms with Crippen molar-refractivity contribution in [3.63, 3.8) is 0 Å². The molecule has 0 aliphatic heterocycles. The third-order valence-electron chi connectivity index (χ3n) is 1.04. The quantitative estimate of drug-likeness (QED) is 0.565. The number of hydrogen-bond donors (Lipinski definition) is 1. The summed E-state index contributed by atoms with van der Waals surface area (Å²) in [7, 11) is 0. The van der Waals surface area contributed by atoms with Gasteiger partial charge in [-0.1, -0.05) is 0 Å². The Kier molecular flexibility index (Phi) is 0.762. The Morgan fingerprint density at radius 2 is 2.67 bits per heavy atom. The zero-order valence-corrected chi connectivity index (χ0v) is 5.18. The molecular weight excluding hydrogens is 138 g/mol. The van der Waals surface area contributed by atoms with Gasteiger partial charge in [0, 0.05) is 0 Å². The summed E-state index contributed by atoms with van der Waals surface area (Å²) in [6.45, 7) is 0. The first-order valence-corrected chi connectivity index (χ1v) is 3.21. The number of nitrogens with zero attached hydrogens (tertiary/aromatic N) is 2. The van der Waals surface area contributed by atoms with Crippen LogP contribution >= 0.6 is 11.5 Å². The van der Waals surface area contributed by atoms with Gasteiger partial charge in [0.25, 0.3) is 0 Å². The highest BCUT2D eigenvalue weighted by molar-refractivity contribution is 7.11. The maximum atomic E-state index is 10.7. The molecule has 4 nitrogen and oxygen atoms in total. The van der Waals surface area contributed by atoms with E-state index in [9.17, 15) is 4.79 Å². The van der Waals surface area contributed by atoms with Crippen LogP contribution in [0.5, 0.6) is 0 Å². The molecule has 2 heterocycles. The SMILES string of the molecule is O=c1[nH]sc2ccnn12. The highest BCUT2D eigenvalue weighted by Gasteiger charge is 1.96. The van der Waals surface area contributed by atoms with Crippen molar-refractivity contribution in [2.75, 3.05) is 0 Å². The van der Waals surface area contributed by atoms with Gasteiger partial charge in [-0.25, -0.2) is 4.79 Å². The lowest BCUT2D eigenvalue weighted by atomic mass is 10.8. The largest absolute Gasteiger partial charge is 0.356 e. The lowest BCUT2D eigenvalue weighted by Crippen LogP contribution is -2.08. The number of aromatic nitrogens is 3. The Labute approximate surface area is 53.9 Å². The highest BCUT2D eigenvalue weighted by Crippen LogP contribution is 2.00. The van der Waals surface area contributed by atoms with Crippen molar-refractivity contribution in [1.29, 1.82) is 0 Å². The van der Waals surface area contributed by atoms with Gasteiger partial charge < -0.3 is 0 Å². The van der Waals surface area contributed by atoms with E-state index in [0.29, 0.717) is 0 Å². The van der Waals surface area contributed by atoms with E-state index in [4.69, 9.17) is 0 Å². The molecule has 0 aliphatic rings. The van der Waals surface area contributed by atoms with E-state index in [0.717, 1.165) is 4.83 Å². The molecule has 2 aromatic heterocycles. The van der Waals surface area contributed by atoms with Crippen LogP contribution in [0, 0.1) is 0 Å². The molecule has 0 saturated heterocycles. The second-order valence-corrected chi connectivity index (χ2v) is 2.42. The first-order valence-electron chi connectivity index (χ1n) is 2.39. The van der Waals surface area contributed by atoms with Crippen molar-refractivity contribution in [2.45, 2.75) is 0 Å². The number of rotatable bonds is 0. The van der Waals surface area contributed by atoms with E-state index in [1.165, 1.54) is 16.0 Å². The summed E-state index contributed by atoms with van der Waals surface area (Å²) in [5, 5.41) is 3.76. The molecule has 0 unspecified atom stereocenters. The molecule has 0 amide bonds. The van der Waals surface area contributed by atoms with Crippen LogP contribution < -0.4 is 5.69 Å². The predicted molar refractivity (Wildman–Crippen MR) is 33.7 cm³/mol. The van der Waals surface area contributed by atoms with Crippen molar-refractivity contribution in [3.05, 3.63) is 22.7 Å². The van der Waals surface area contributed by atoms with Gasteiger partial charge in [-0.3, -0.25) is 4.37 Å². The number of fused-ring (bicyclic) bond motifs is 1. The minimum Gasteiger partial charge on any atom is -0.259 e. The average Bonchev–Trinajstić information content (AvgIpc) is 2.35. The van der Waals surface area contributed by atoms with Crippen molar-refractivity contribution < 1.29 is 0 Å². The fraction of sp³-hybridized carbons (Fsp3) is 0. The normalized spacial score (nSPS) is 10.7. The van der Waals surface area contributed by atoms with Gasteiger partial charge in [-0.05, 0) is 17.6 Å². The molecule has 2 rings (SSSR count). The molecule has 9 heavy (non-hydrogen) atoms. The molecule has 0 radical (unpaired) electrons. The van der Waals surface area contributed by atoms with E-state index in [1.54, 1.807) is 12.3 Å². The van der Waals surface area contributed by atoms with Crippen LogP contribution in [-0.2, 0) is 0 Å². The molecule has 5 heteroatoms. The minimum atomic E-state index is -0.167. The molecule has 0 aliphatic carbocycles. The third kappa shape index (κ3) is 0.517. The van der Waals surface area contributed by atoms with Gasteiger partial charge in [0.15, 0.2) is 0 Å². The highest BCUT2D eigenvalue weighted by atomic mass is 32.1. The molecule has 46 valence electrons. The molecule has 0 fully saturated rings. The molecule has 0 saturated carbocycles. The Balaban J connectivity index is 3.17. The summed E-state index contributed by atoms with van der Waals surface area (Å²) in [5.41, 5.74) is -0.167. The maximum Gasteiger partial charge on any atom is 0.356 e. The number of nitrogens with one attached hydrogen (secondary N) is 1. The second kappa shape index (κ2) is 1.44. The summed E-state index contributed by atoms with van der Waals surface area (Å²) in [5.74, 6) is 0. The zero-order valence-electron chi connectivity index (χ0n) is 4.37. The van der Waals surface area contributed by atoms with E-state index >= 15 is 0 Å². The fourth-order valence-electron chi connectivity index (χ4n) is 0.660. The number of aromatic amines is 1. The van der Waals surface area contributed by atoms with Crippen LogP contribution in [0.4, 0.5) is 0 Å². The summed E-state index contributed by atoms with van der Waals surface area (Å²) >= 11 is 1.28. The second-order valence-electron chi connectivity index (χ2n) is 1.59. The van der Waals surface area contributed by atoms with Crippen molar-refractivity contribution in [3.8, 4) is 0 Å². The molecule has 0 atom stereocenters. The van der Waals surface area contributed by atoms with Crippen LogP contribution in [0.2, 0.25) is 0 Å². The van der Waals surface area contributed by atoms with Crippen molar-refractivity contribution in [1.82, 2.24) is 14.0 Å². The molecule has 0 bridgehead atoms. The van der Waals surface area contributed by atoms with E-state index in [1.807, 2.05) is 0 Å². The number of H-pyrrole nitrogens is 1. The standard InChI is InChI=1S/C4H3N3OS/c8-4-6-9-3-1-2-5-7(3)4/h1-2H,(H,6,8). The van der Waals surface area contributed by atoms with Crippen molar-refractivity contribution in [2.24, 2.45) is 0 Å². The van der Waals surface area contributed by atoms with Gasteiger partial charge in [0.1, 0.15) is 4.83 Å². The van der Waals surface area contributed by atoms with Crippen LogP contribution in [-0.4, -0.2) is 14.0 Å². The number of hydrogen-bond acceptors (Lipinski definition) is 3. The lowest BCUT2D eigenvalue weighted by Gasteiger charge is -1.69. The van der Waals surface area contributed by atoms with Gasteiger partial charge in [0.2, 0.25) is 0 Å². The fourth-order valence-corrected chi connectivity index (χ4v) is 1.28. The molecule has 2 aromatic rings. The van der Waals surface area contributed by atoms with Gasteiger partial charge >= 0.3 is 5.69 Å². The molecule has 0 aromatic carbocycles. The van der Waals surface area contributed by atoms with Crippen LogP contribution in [0.3, 0.4) is 0 Å². The average molecular weight is 141 g/mol. The smallest absolute Gasteiger partial charge is 0.259 e. The lowest BCUT2D eigenvalue weighted by molar-refractivity contribution is 0.907. The minimum absolute atomic E-state index is 0.167. The Morgan fingerprint density at radius 1 is 1.78 bits per heavy atom. The van der Waals surface area contributed by atoms with E-state index in [-0.39, 0.29) is 5.69 Å². The van der Waals surface area contributed by atoms with Crippen molar-refractivity contribution >= 4 is 16.4 Å². The van der Waals surface area contributed by atoms with E-state index < -0.39 is 0 Å². The predicted octanol–water partition coefficient (Wildman–Crippen LogP) is 0.0841. The first-order chi connectivity index (χ1) is 4.38. The summed E-state index contributed by atoms with van der Waals surface area (Å²) in [4.78, 5) is 11.5. The van der Waals surface area contributed by atoms with E-state index in [2.05, 4.69) is 9.47 Å². The third-order valence-corrected chi connectivity index (χ3v) is 1.84. The molecular formula is C4H3N3OS. The van der Waals surface area contributed by atoms with Gasteiger partial charge in [0.05, 0.1) is 6.20 Å². The first kappa shape index (κ1) is 4.75.